The van der Waals surface area contributed by atoms with Gasteiger partial charge in [0.05, 0.1) is 13.2 Å². The van der Waals surface area contributed by atoms with Crippen LogP contribution in [0.15, 0.2) is 18.2 Å². The first-order chi connectivity index (χ1) is 9.61. The summed E-state index contributed by atoms with van der Waals surface area (Å²) in [4.78, 5) is 2.48. The van der Waals surface area contributed by atoms with Gasteiger partial charge in [-0.2, -0.15) is 0 Å². The van der Waals surface area contributed by atoms with E-state index in [-0.39, 0.29) is 12.1 Å². The monoisotopic (exact) mass is 276 g/mol. The number of methoxy groups -OCH3 is 1. The van der Waals surface area contributed by atoms with Crippen LogP contribution in [-0.4, -0.2) is 30.4 Å². The standard InChI is InChI=1S/C16H24N2O2/c1-10(17)16-14(4-3-5-15(16)20-2)18-11-6-7-12(18)9-13(19)8-11/h3-5,10-13,19H,6-9,17H2,1-2H3/t10-,11?,12?,13?/m1/s1. The topological polar surface area (TPSA) is 58.7 Å². The minimum Gasteiger partial charge on any atom is -0.496 e. The molecule has 0 radical (unpaired) electrons. The molecule has 2 fully saturated rings. The maximum atomic E-state index is 9.96. The molecule has 0 spiro atoms. The molecule has 3 rings (SSSR count). The first-order valence-corrected chi connectivity index (χ1v) is 7.50. The molecule has 0 aromatic heterocycles. The van der Waals surface area contributed by atoms with Crippen LogP contribution in [0.25, 0.3) is 0 Å². The van der Waals surface area contributed by atoms with Gasteiger partial charge in [-0.1, -0.05) is 6.07 Å². The summed E-state index contributed by atoms with van der Waals surface area (Å²) < 4.78 is 5.49. The van der Waals surface area contributed by atoms with Crippen LogP contribution >= 0.6 is 0 Å². The van der Waals surface area contributed by atoms with Crippen molar-refractivity contribution in [2.24, 2.45) is 5.73 Å². The quantitative estimate of drug-likeness (QED) is 0.888. The highest BCUT2D eigenvalue weighted by molar-refractivity contribution is 5.63. The Kier molecular flexibility index (Phi) is 3.61. The van der Waals surface area contributed by atoms with Gasteiger partial charge in [0.25, 0.3) is 0 Å². The lowest BCUT2D eigenvalue weighted by molar-refractivity contribution is 0.126. The Balaban J connectivity index is 2.02. The second-order valence-electron chi connectivity index (χ2n) is 6.10. The van der Waals surface area contributed by atoms with Gasteiger partial charge in [-0.25, -0.2) is 0 Å². The van der Waals surface area contributed by atoms with Crippen molar-refractivity contribution >= 4 is 5.69 Å². The lowest BCUT2D eigenvalue weighted by Crippen LogP contribution is -2.45. The van der Waals surface area contributed by atoms with Crippen LogP contribution < -0.4 is 15.4 Å². The van der Waals surface area contributed by atoms with E-state index in [1.54, 1.807) is 7.11 Å². The van der Waals surface area contributed by atoms with Gasteiger partial charge in [0.15, 0.2) is 0 Å². The molecule has 110 valence electrons. The van der Waals surface area contributed by atoms with E-state index >= 15 is 0 Å². The Morgan fingerprint density at radius 2 is 1.95 bits per heavy atom. The molecule has 3 N–H and O–H groups in total. The van der Waals surface area contributed by atoms with E-state index in [0.29, 0.717) is 12.1 Å². The van der Waals surface area contributed by atoms with E-state index < -0.39 is 0 Å². The predicted molar refractivity (Wildman–Crippen MR) is 80.1 cm³/mol. The number of piperidine rings is 1. The largest absolute Gasteiger partial charge is 0.496 e. The summed E-state index contributed by atoms with van der Waals surface area (Å²) in [5.74, 6) is 0.864. The van der Waals surface area contributed by atoms with E-state index in [9.17, 15) is 5.11 Å². The third kappa shape index (κ3) is 2.17. The molecule has 2 unspecified atom stereocenters. The molecule has 0 amide bonds. The maximum Gasteiger partial charge on any atom is 0.125 e. The van der Waals surface area contributed by atoms with Gasteiger partial charge >= 0.3 is 0 Å². The van der Waals surface area contributed by atoms with Crippen LogP contribution in [0, 0.1) is 0 Å². The zero-order chi connectivity index (χ0) is 14.3. The normalized spacial score (nSPS) is 30.4. The van der Waals surface area contributed by atoms with Gasteiger partial charge in [0.2, 0.25) is 0 Å². The van der Waals surface area contributed by atoms with Crippen molar-refractivity contribution in [3.8, 4) is 5.75 Å². The van der Waals surface area contributed by atoms with Gasteiger partial charge in [-0.3, -0.25) is 0 Å². The fourth-order valence-electron chi connectivity index (χ4n) is 3.93. The van der Waals surface area contributed by atoms with Crippen LogP contribution in [0.3, 0.4) is 0 Å². The Hall–Kier alpha value is -1.26. The summed E-state index contributed by atoms with van der Waals surface area (Å²) >= 11 is 0. The number of aliphatic hydroxyl groups is 1. The molecular formula is C16H24N2O2. The van der Waals surface area contributed by atoms with E-state index in [2.05, 4.69) is 11.0 Å². The van der Waals surface area contributed by atoms with E-state index in [1.165, 1.54) is 5.69 Å². The lowest BCUT2D eigenvalue weighted by atomic mass is 9.96. The number of nitrogens with two attached hydrogens (primary N) is 1. The van der Waals surface area contributed by atoms with Crippen LogP contribution in [0.1, 0.15) is 44.2 Å². The zero-order valence-corrected chi connectivity index (χ0v) is 12.2. The minimum atomic E-state index is -0.145. The molecule has 20 heavy (non-hydrogen) atoms. The molecule has 2 aliphatic heterocycles. The van der Waals surface area contributed by atoms with Crippen LogP contribution in [0.2, 0.25) is 0 Å². The van der Waals surface area contributed by atoms with Crippen molar-refractivity contribution in [1.29, 1.82) is 0 Å². The van der Waals surface area contributed by atoms with Crippen LogP contribution in [0.4, 0.5) is 5.69 Å². The summed E-state index contributed by atoms with van der Waals surface area (Å²) in [6.07, 6.45) is 3.92. The predicted octanol–water partition coefficient (Wildman–Crippen LogP) is 2.21. The van der Waals surface area contributed by atoms with E-state index in [1.807, 2.05) is 19.1 Å². The van der Waals surface area contributed by atoms with Gasteiger partial charge in [0.1, 0.15) is 5.75 Å². The molecule has 2 bridgehead atoms. The summed E-state index contributed by atoms with van der Waals surface area (Å²) in [5, 5.41) is 9.96. The second kappa shape index (κ2) is 5.26. The van der Waals surface area contributed by atoms with Crippen molar-refractivity contribution in [1.82, 2.24) is 0 Å². The van der Waals surface area contributed by atoms with Crippen molar-refractivity contribution in [2.45, 2.75) is 56.8 Å². The van der Waals surface area contributed by atoms with Crippen molar-refractivity contribution in [3.05, 3.63) is 23.8 Å². The van der Waals surface area contributed by atoms with Crippen LogP contribution in [-0.2, 0) is 0 Å². The molecule has 1 aromatic carbocycles. The number of aliphatic hydroxyl groups excluding tert-OH is 1. The van der Waals surface area contributed by atoms with Gasteiger partial charge < -0.3 is 20.5 Å². The highest BCUT2D eigenvalue weighted by atomic mass is 16.5. The number of anilines is 1. The average Bonchev–Trinajstić information content (AvgIpc) is 2.69. The third-order valence-corrected chi connectivity index (χ3v) is 4.70. The fraction of sp³-hybridized carbons (Fsp3) is 0.625. The summed E-state index contributed by atoms with van der Waals surface area (Å²) in [5.41, 5.74) is 8.46. The molecule has 2 heterocycles. The number of hydrogen-bond donors (Lipinski definition) is 2. The van der Waals surface area contributed by atoms with Crippen molar-refractivity contribution in [2.75, 3.05) is 12.0 Å². The molecule has 2 saturated heterocycles. The molecular weight excluding hydrogens is 252 g/mol. The minimum absolute atomic E-state index is 0.0626. The van der Waals surface area contributed by atoms with E-state index in [4.69, 9.17) is 10.5 Å². The Morgan fingerprint density at radius 3 is 2.50 bits per heavy atom. The van der Waals surface area contributed by atoms with Crippen LogP contribution in [0.5, 0.6) is 5.75 Å². The molecule has 0 aliphatic carbocycles. The molecule has 4 heteroatoms. The molecule has 2 aliphatic rings. The third-order valence-electron chi connectivity index (χ3n) is 4.70. The number of ether oxygens (including phenoxy) is 1. The number of hydrogen-bond acceptors (Lipinski definition) is 4. The SMILES string of the molecule is COc1cccc(N2C3CCC2CC(O)C3)c1[C@@H](C)N. The fourth-order valence-corrected chi connectivity index (χ4v) is 3.93. The Labute approximate surface area is 120 Å². The van der Waals surface area contributed by atoms with E-state index in [0.717, 1.165) is 37.0 Å². The summed E-state index contributed by atoms with van der Waals surface area (Å²) in [6.45, 7) is 2.00. The second-order valence-corrected chi connectivity index (χ2v) is 6.10. The number of nitrogens with zero attached hydrogens (tertiary/aromatic N) is 1. The van der Waals surface area contributed by atoms with Gasteiger partial charge in [0, 0.05) is 29.4 Å². The Morgan fingerprint density at radius 1 is 1.30 bits per heavy atom. The number of rotatable bonds is 3. The number of fused-ring (bicyclic) bond motifs is 2. The van der Waals surface area contributed by atoms with Crippen molar-refractivity contribution < 1.29 is 9.84 Å². The zero-order valence-electron chi connectivity index (χ0n) is 12.2. The summed E-state index contributed by atoms with van der Waals surface area (Å²) in [7, 11) is 1.69. The smallest absolute Gasteiger partial charge is 0.125 e. The average molecular weight is 276 g/mol. The first-order valence-electron chi connectivity index (χ1n) is 7.50. The maximum absolute atomic E-state index is 9.96. The molecule has 4 nitrogen and oxygen atoms in total. The Bertz CT molecular complexity index is 475. The molecule has 3 atom stereocenters. The molecule has 1 aromatic rings. The number of benzene rings is 1. The summed E-state index contributed by atoms with van der Waals surface area (Å²) in [6, 6.07) is 6.96. The highest BCUT2D eigenvalue weighted by Crippen LogP contribution is 2.43. The van der Waals surface area contributed by atoms with Gasteiger partial charge in [-0.05, 0) is 44.7 Å². The lowest BCUT2D eigenvalue weighted by Gasteiger charge is -2.40. The molecule has 0 saturated carbocycles. The highest BCUT2D eigenvalue weighted by Gasteiger charge is 2.41. The van der Waals surface area contributed by atoms with Crippen molar-refractivity contribution in [3.63, 3.8) is 0 Å². The van der Waals surface area contributed by atoms with Gasteiger partial charge in [-0.15, -0.1) is 0 Å². The first kappa shape index (κ1) is 13.7.